The van der Waals surface area contributed by atoms with Crippen LogP contribution in [-0.4, -0.2) is 50.5 Å². The summed E-state index contributed by atoms with van der Waals surface area (Å²) in [5, 5.41) is 16.0. The Bertz CT molecular complexity index is 304. The van der Waals surface area contributed by atoms with Crippen molar-refractivity contribution in [3.05, 3.63) is 0 Å². The van der Waals surface area contributed by atoms with Crippen LogP contribution in [0.3, 0.4) is 0 Å². The first kappa shape index (κ1) is 21.9. The molecule has 0 aliphatic carbocycles. The lowest BCUT2D eigenvalue weighted by Crippen LogP contribution is -2.41. The van der Waals surface area contributed by atoms with Crippen molar-refractivity contribution in [2.24, 2.45) is 16.3 Å². The molecule has 0 aromatic carbocycles. The molecule has 1 saturated heterocycles. The van der Waals surface area contributed by atoms with E-state index in [0.717, 1.165) is 38.5 Å². The molecule has 0 saturated carbocycles. The first-order valence-electron chi connectivity index (χ1n) is 8.40. The number of ether oxygens (including phenoxy) is 1. The summed E-state index contributed by atoms with van der Waals surface area (Å²) in [6, 6.07) is 0. The van der Waals surface area contributed by atoms with Crippen molar-refractivity contribution in [1.29, 1.82) is 0 Å². The van der Waals surface area contributed by atoms with Crippen LogP contribution in [0.25, 0.3) is 0 Å². The number of nitrogens with zero attached hydrogens (tertiary/aromatic N) is 1. The second-order valence-electron chi connectivity index (χ2n) is 6.03. The number of aliphatic hydroxyl groups is 1. The quantitative estimate of drug-likeness (QED) is 0.300. The van der Waals surface area contributed by atoms with E-state index in [1.807, 2.05) is 0 Å². The van der Waals surface area contributed by atoms with Crippen LogP contribution >= 0.6 is 24.0 Å². The summed E-state index contributed by atoms with van der Waals surface area (Å²) in [7, 11) is 0. The second kappa shape index (κ2) is 12.4. The van der Waals surface area contributed by atoms with Crippen LogP contribution in [0, 0.1) is 11.3 Å². The molecule has 1 atom stereocenters. The smallest absolute Gasteiger partial charge is 0.191 e. The number of nitrogens with one attached hydrogen (secondary N) is 2. The third-order valence-corrected chi connectivity index (χ3v) is 4.46. The minimum atomic E-state index is 0. The molecule has 0 aromatic rings. The maximum atomic E-state index is 9.27. The zero-order valence-corrected chi connectivity index (χ0v) is 16.7. The minimum absolute atomic E-state index is 0. The Labute approximate surface area is 152 Å². The first-order chi connectivity index (χ1) is 10.2. The van der Waals surface area contributed by atoms with Crippen molar-refractivity contribution >= 4 is 29.9 Å². The summed E-state index contributed by atoms with van der Waals surface area (Å²) in [6.07, 6.45) is 4.13. The fourth-order valence-electron chi connectivity index (χ4n) is 2.69. The van der Waals surface area contributed by atoms with Crippen molar-refractivity contribution in [2.45, 2.75) is 46.5 Å². The van der Waals surface area contributed by atoms with Crippen LogP contribution in [0.2, 0.25) is 0 Å². The Hall–Kier alpha value is -0.0800. The second-order valence-corrected chi connectivity index (χ2v) is 6.03. The lowest BCUT2D eigenvalue weighted by atomic mass is 9.84. The van der Waals surface area contributed by atoms with Crippen LogP contribution in [0.5, 0.6) is 0 Å². The molecule has 1 unspecified atom stereocenters. The molecule has 3 N–H and O–H groups in total. The normalized spacial score (nSPS) is 21.8. The summed E-state index contributed by atoms with van der Waals surface area (Å²) in [4.78, 5) is 4.73. The zero-order valence-electron chi connectivity index (χ0n) is 14.4. The molecular weight excluding hydrogens is 393 g/mol. The van der Waals surface area contributed by atoms with Gasteiger partial charge in [-0.15, -0.1) is 24.0 Å². The van der Waals surface area contributed by atoms with Crippen LogP contribution in [0.15, 0.2) is 4.99 Å². The topological polar surface area (TPSA) is 65.9 Å². The van der Waals surface area contributed by atoms with E-state index in [0.29, 0.717) is 19.1 Å². The number of hydrogen-bond donors (Lipinski definition) is 3. The Morgan fingerprint density at radius 3 is 2.50 bits per heavy atom. The summed E-state index contributed by atoms with van der Waals surface area (Å²) in [5.74, 6) is 1.57. The third-order valence-electron chi connectivity index (χ3n) is 4.46. The number of rotatable bonds is 9. The molecule has 0 radical (unpaired) electrons. The molecule has 132 valence electrons. The number of aliphatic hydroxyl groups excluding tert-OH is 1. The standard InChI is InChI=1S/C16H33N3O2.HI/c1-4-14(5-2)11-18-15(17-6-3)19-12-16(7-9-20)8-10-21-13-16;/h14,20H,4-13H2,1-3H3,(H2,17,18,19);1H. The number of halogens is 1. The van der Waals surface area contributed by atoms with Gasteiger partial charge in [0.05, 0.1) is 13.2 Å². The van der Waals surface area contributed by atoms with E-state index in [1.165, 1.54) is 12.8 Å². The fourth-order valence-corrected chi connectivity index (χ4v) is 2.69. The zero-order chi connectivity index (χ0) is 15.6. The van der Waals surface area contributed by atoms with Crippen molar-refractivity contribution in [2.75, 3.05) is 39.5 Å². The van der Waals surface area contributed by atoms with E-state index in [1.54, 1.807) is 0 Å². The predicted octanol–water partition coefficient (Wildman–Crippen LogP) is 2.38. The number of guanidine groups is 1. The van der Waals surface area contributed by atoms with Gasteiger partial charge in [-0.1, -0.05) is 26.7 Å². The molecular formula is C16H34IN3O2. The SMILES string of the molecule is CCNC(=NCC1(CCO)CCOC1)NCC(CC)CC.I. The summed E-state index contributed by atoms with van der Waals surface area (Å²) < 4.78 is 5.52. The van der Waals surface area contributed by atoms with Crippen molar-refractivity contribution in [1.82, 2.24) is 10.6 Å². The minimum Gasteiger partial charge on any atom is -0.396 e. The van der Waals surface area contributed by atoms with E-state index in [4.69, 9.17) is 9.73 Å². The van der Waals surface area contributed by atoms with E-state index in [2.05, 4.69) is 31.4 Å². The van der Waals surface area contributed by atoms with Gasteiger partial charge >= 0.3 is 0 Å². The molecule has 0 aromatic heterocycles. The maximum absolute atomic E-state index is 9.27. The van der Waals surface area contributed by atoms with E-state index < -0.39 is 0 Å². The molecule has 22 heavy (non-hydrogen) atoms. The van der Waals surface area contributed by atoms with Crippen molar-refractivity contribution in [3.8, 4) is 0 Å². The predicted molar refractivity (Wildman–Crippen MR) is 103 cm³/mol. The van der Waals surface area contributed by atoms with E-state index in [-0.39, 0.29) is 36.0 Å². The van der Waals surface area contributed by atoms with Gasteiger partial charge in [0.1, 0.15) is 0 Å². The van der Waals surface area contributed by atoms with Crippen LogP contribution < -0.4 is 10.6 Å². The Balaban J connectivity index is 0.00000441. The van der Waals surface area contributed by atoms with E-state index in [9.17, 15) is 5.11 Å². The van der Waals surface area contributed by atoms with Gasteiger partial charge in [-0.25, -0.2) is 0 Å². The Kier molecular flexibility index (Phi) is 12.3. The molecule has 1 rings (SSSR count). The average Bonchev–Trinajstić information content (AvgIpc) is 2.95. The lowest BCUT2D eigenvalue weighted by Gasteiger charge is -2.25. The molecule has 1 fully saturated rings. The molecule has 1 aliphatic heterocycles. The lowest BCUT2D eigenvalue weighted by molar-refractivity contribution is 0.131. The van der Waals surface area contributed by atoms with Crippen molar-refractivity contribution < 1.29 is 9.84 Å². The van der Waals surface area contributed by atoms with Gasteiger partial charge < -0.3 is 20.5 Å². The van der Waals surface area contributed by atoms with Crippen molar-refractivity contribution in [3.63, 3.8) is 0 Å². The third kappa shape index (κ3) is 7.46. The Morgan fingerprint density at radius 2 is 2.00 bits per heavy atom. The molecule has 0 amide bonds. The first-order valence-corrected chi connectivity index (χ1v) is 8.40. The maximum Gasteiger partial charge on any atom is 0.191 e. The fraction of sp³-hybridized carbons (Fsp3) is 0.938. The average molecular weight is 427 g/mol. The monoisotopic (exact) mass is 427 g/mol. The Morgan fingerprint density at radius 1 is 1.27 bits per heavy atom. The highest BCUT2D eigenvalue weighted by molar-refractivity contribution is 14.0. The molecule has 1 aliphatic rings. The van der Waals surface area contributed by atoms with Crippen LogP contribution in [0.4, 0.5) is 0 Å². The highest BCUT2D eigenvalue weighted by atomic mass is 127. The van der Waals surface area contributed by atoms with Gasteiger partial charge in [0.2, 0.25) is 0 Å². The molecule has 6 heteroatoms. The van der Waals surface area contributed by atoms with E-state index >= 15 is 0 Å². The molecule has 0 spiro atoms. The van der Waals surface area contributed by atoms with Gasteiger partial charge in [-0.3, -0.25) is 4.99 Å². The molecule has 5 nitrogen and oxygen atoms in total. The molecule has 0 bridgehead atoms. The largest absolute Gasteiger partial charge is 0.396 e. The summed E-state index contributed by atoms with van der Waals surface area (Å²) in [6.45, 7) is 10.8. The van der Waals surface area contributed by atoms with Gasteiger partial charge in [0.15, 0.2) is 5.96 Å². The van der Waals surface area contributed by atoms with Gasteiger partial charge in [-0.05, 0) is 25.7 Å². The van der Waals surface area contributed by atoms with Gasteiger partial charge in [-0.2, -0.15) is 0 Å². The number of hydrogen-bond acceptors (Lipinski definition) is 3. The van der Waals surface area contributed by atoms with Crippen LogP contribution in [-0.2, 0) is 4.74 Å². The van der Waals surface area contributed by atoms with Crippen LogP contribution in [0.1, 0.15) is 46.5 Å². The summed E-state index contributed by atoms with van der Waals surface area (Å²) >= 11 is 0. The van der Waals surface area contributed by atoms with Gasteiger partial charge in [0.25, 0.3) is 0 Å². The summed E-state index contributed by atoms with van der Waals surface area (Å²) in [5.41, 5.74) is 0.0199. The van der Waals surface area contributed by atoms with Gasteiger partial charge in [0, 0.05) is 31.7 Å². The molecule has 1 heterocycles. The highest BCUT2D eigenvalue weighted by Gasteiger charge is 2.34. The number of aliphatic imine (C=N–C) groups is 1. The highest BCUT2D eigenvalue weighted by Crippen LogP contribution is 2.32.